The Bertz CT molecular complexity index is 41.3. The summed E-state index contributed by atoms with van der Waals surface area (Å²) in [6.07, 6.45) is 2.70. The Balaban J connectivity index is 0.000000360. The summed E-state index contributed by atoms with van der Waals surface area (Å²) in [6, 6.07) is 0. The second-order valence-corrected chi connectivity index (χ2v) is 1.83. The molecular formula is C5H10NW-. The molecular weight excluding hydrogens is 258 g/mol. The average Bonchev–Trinajstić information content (AvgIpc) is 1.86. The molecule has 1 fully saturated rings. The van der Waals surface area contributed by atoms with Crippen molar-refractivity contribution in [2.75, 3.05) is 13.1 Å². The van der Waals surface area contributed by atoms with Gasteiger partial charge in [0.25, 0.3) is 0 Å². The zero-order chi connectivity index (χ0) is 4.41. The second kappa shape index (κ2) is 3.63. The van der Waals surface area contributed by atoms with Crippen LogP contribution in [0.2, 0.25) is 0 Å². The van der Waals surface area contributed by atoms with Gasteiger partial charge in [0.2, 0.25) is 0 Å². The van der Waals surface area contributed by atoms with Crippen LogP contribution in [0.25, 0.3) is 0 Å². The number of hydrogen-bond donors (Lipinski definition) is 0. The fourth-order valence-corrected chi connectivity index (χ4v) is 0.783. The molecule has 1 aliphatic heterocycles. The molecule has 1 heterocycles. The van der Waals surface area contributed by atoms with Gasteiger partial charge in [0.1, 0.15) is 0 Å². The van der Waals surface area contributed by atoms with Crippen LogP contribution in [0, 0.1) is 7.05 Å². The van der Waals surface area contributed by atoms with Crippen LogP contribution in [0.15, 0.2) is 0 Å². The van der Waals surface area contributed by atoms with E-state index < -0.39 is 0 Å². The third-order valence-corrected chi connectivity index (χ3v) is 1.20. The summed E-state index contributed by atoms with van der Waals surface area (Å²) in [5.41, 5.74) is 0. The smallest absolute Gasteiger partial charge is 0 e. The summed E-state index contributed by atoms with van der Waals surface area (Å²) < 4.78 is 0. The molecule has 0 bridgehead atoms. The molecule has 0 aromatic carbocycles. The first kappa shape index (κ1) is 7.65. The van der Waals surface area contributed by atoms with Crippen LogP contribution >= 0.6 is 0 Å². The van der Waals surface area contributed by atoms with Crippen LogP contribution in [-0.4, -0.2) is 18.0 Å². The maximum absolute atomic E-state index is 3.77. The summed E-state index contributed by atoms with van der Waals surface area (Å²) in [6.45, 7) is 2.42. The van der Waals surface area contributed by atoms with Crippen molar-refractivity contribution in [2.24, 2.45) is 0 Å². The Morgan fingerprint density at radius 2 is 1.57 bits per heavy atom. The third kappa shape index (κ3) is 2.46. The maximum Gasteiger partial charge on any atom is 0 e. The van der Waals surface area contributed by atoms with Crippen molar-refractivity contribution in [3.63, 3.8) is 0 Å². The minimum Gasteiger partial charge on any atom is -0.459 e. The fourth-order valence-electron chi connectivity index (χ4n) is 0.783. The van der Waals surface area contributed by atoms with Gasteiger partial charge in [-0.3, -0.25) is 7.05 Å². The SMILES string of the molecule is [CH2-]N1CCCC1.[W]. The fraction of sp³-hybridized carbons (Fsp3) is 0.800. The molecule has 0 aromatic heterocycles. The first-order valence-corrected chi connectivity index (χ1v) is 2.45. The van der Waals surface area contributed by atoms with Crippen LogP contribution in [-0.2, 0) is 21.1 Å². The second-order valence-electron chi connectivity index (χ2n) is 1.83. The molecule has 0 saturated carbocycles. The average molecular weight is 268 g/mol. The molecule has 2 heteroatoms. The van der Waals surface area contributed by atoms with Gasteiger partial charge in [-0.2, -0.15) is 0 Å². The molecule has 1 rings (SSSR count). The van der Waals surface area contributed by atoms with E-state index in [1.165, 1.54) is 25.9 Å². The standard InChI is InChI=1S/C5H10N.W/c1-6-4-2-3-5-6;/h1-5H2;/q-1;. The quantitative estimate of drug-likeness (QED) is 0.589. The van der Waals surface area contributed by atoms with E-state index in [1.807, 2.05) is 0 Å². The van der Waals surface area contributed by atoms with E-state index in [0.29, 0.717) is 0 Å². The Morgan fingerprint density at radius 3 is 1.71 bits per heavy atom. The summed E-state index contributed by atoms with van der Waals surface area (Å²) in [5, 5.41) is 0. The number of nitrogens with zero attached hydrogens (tertiary/aromatic N) is 1. The van der Waals surface area contributed by atoms with Crippen molar-refractivity contribution in [2.45, 2.75) is 12.8 Å². The van der Waals surface area contributed by atoms with E-state index in [-0.39, 0.29) is 21.1 Å². The molecule has 0 unspecified atom stereocenters. The van der Waals surface area contributed by atoms with Gasteiger partial charge in [-0.05, 0) is 25.9 Å². The normalized spacial score (nSPS) is 21.9. The Hall–Kier alpha value is 0.648. The van der Waals surface area contributed by atoms with Crippen LogP contribution in [0.5, 0.6) is 0 Å². The Morgan fingerprint density at radius 1 is 1.14 bits per heavy atom. The molecule has 0 amide bonds. The molecule has 7 heavy (non-hydrogen) atoms. The van der Waals surface area contributed by atoms with Crippen molar-refractivity contribution in [1.29, 1.82) is 0 Å². The van der Waals surface area contributed by atoms with Crippen LogP contribution in [0.4, 0.5) is 0 Å². The van der Waals surface area contributed by atoms with E-state index in [9.17, 15) is 0 Å². The topological polar surface area (TPSA) is 3.24 Å². The molecule has 1 saturated heterocycles. The van der Waals surface area contributed by atoms with E-state index in [4.69, 9.17) is 0 Å². The number of hydrogen-bond acceptors (Lipinski definition) is 1. The first-order valence-electron chi connectivity index (χ1n) is 2.45. The predicted octanol–water partition coefficient (Wildman–Crippen LogP) is 0.871. The molecule has 1 nitrogen and oxygen atoms in total. The summed E-state index contributed by atoms with van der Waals surface area (Å²) in [5.74, 6) is 0. The molecule has 0 atom stereocenters. The van der Waals surface area contributed by atoms with Gasteiger partial charge in [0.15, 0.2) is 0 Å². The molecule has 0 radical (unpaired) electrons. The molecule has 42 valence electrons. The molecule has 0 aliphatic carbocycles. The number of likely N-dealkylation sites (tertiary alicyclic amines) is 1. The van der Waals surface area contributed by atoms with E-state index >= 15 is 0 Å². The zero-order valence-corrected chi connectivity index (χ0v) is 7.32. The van der Waals surface area contributed by atoms with Crippen LogP contribution in [0.3, 0.4) is 0 Å². The summed E-state index contributed by atoms with van der Waals surface area (Å²) in [4.78, 5) is 2.11. The van der Waals surface area contributed by atoms with Gasteiger partial charge >= 0.3 is 0 Å². The van der Waals surface area contributed by atoms with E-state index in [2.05, 4.69) is 11.9 Å². The van der Waals surface area contributed by atoms with E-state index in [0.717, 1.165) is 0 Å². The van der Waals surface area contributed by atoms with Crippen molar-refractivity contribution < 1.29 is 21.1 Å². The van der Waals surface area contributed by atoms with Gasteiger partial charge in [-0.25, -0.2) is 0 Å². The molecule has 1 aliphatic rings. The van der Waals surface area contributed by atoms with Gasteiger partial charge < -0.3 is 4.90 Å². The van der Waals surface area contributed by atoms with Gasteiger partial charge in [0.05, 0.1) is 0 Å². The van der Waals surface area contributed by atoms with E-state index in [1.54, 1.807) is 0 Å². The van der Waals surface area contributed by atoms with Crippen molar-refractivity contribution >= 4 is 0 Å². The van der Waals surface area contributed by atoms with Crippen molar-refractivity contribution in [3.8, 4) is 0 Å². The minimum absolute atomic E-state index is 0. The zero-order valence-electron chi connectivity index (χ0n) is 4.39. The largest absolute Gasteiger partial charge is 0.459 e. The molecule has 0 aromatic rings. The molecule has 0 N–H and O–H groups in total. The van der Waals surface area contributed by atoms with Crippen molar-refractivity contribution in [3.05, 3.63) is 7.05 Å². The third-order valence-electron chi connectivity index (χ3n) is 1.20. The monoisotopic (exact) mass is 268 g/mol. The summed E-state index contributed by atoms with van der Waals surface area (Å²) in [7, 11) is 3.77. The Labute approximate surface area is 59.3 Å². The minimum atomic E-state index is 0. The van der Waals surface area contributed by atoms with Gasteiger partial charge in [-0.1, -0.05) is 0 Å². The van der Waals surface area contributed by atoms with Crippen LogP contribution in [0.1, 0.15) is 12.8 Å². The van der Waals surface area contributed by atoms with Gasteiger partial charge in [-0.15, -0.1) is 0 Å². The van der Waals surface area contributed by atoms with Crippen LogP contribution < -0.4 is 0 Å². The Kier molecular flexibility index (Phi) is 3.96. The maximum atomic E-state index is 3.77. The summed E-state index contributed by atoms with van der Waals surface area (Å²) >= 11 is 0. The van der Waals surface area contributed by atoms with Crippen molar-refractivity contribution in [1.82, 2.24) is 4.90 Å². The van der Waals surface area contributed by atoms with Gasteiger partial charge in [0, 0.05) is 21.1 Å². The predicted molar refractivity (Wildman–Crippen MR) is 26.2 cm³/mol. The number of rotatable bonds is 0. The molecule has 0 spiro atoms. The first-order chi connectivity index (χ1) is 2.89.